The van der Waals surface area contributed by atoms with Crippen molar-refractivity contribution < 1.29 is 27.4 Å². The summed E-state index contributed by atoms with van der Waals surface area (Å²) < 4.78 is 42.8. The van der Waals surface area contributed by atoms with Gasteiger partial charge in [-0.15, -0.1) is 0 Å². The van der Waals surface area contributed by atoms with Crippen molar-refractivity contribution in [2.24, 2.45) is 11.8 Å². The molecular formula is C29H43N3O6S. The van der Waals surface area contributed by atoms with Gasteiger partial charge in [0.25, 0.3) is 0 Å². The highest BCUT2D eigenvalue weighted by atomic mass is 32.2. The first-order valence-electron chi connectivity index (χ1n) is 13.4. The van der Waals surface area contributed by atoms with Crippen LogP contribution in [0.1, 0.15) is 37.3 Å². The number of rotatable bonds is 14. The van der Waals surface area contributed by atoms with Gasteiger partial charge in [-0.25, -0.2) is 8.42 Å². The van der Waals surface area contributed by atoms with Crippen LogP contribution in [0.15, 0.2) is 53.4 Å². The molecule has 0 bridgehead atoms. The maximum Gasteiger partial charge on any atom is 0.246 e. The monoisotopic (exact) mass is 561 g/mol. The molecule has 10 heteroatoms. The number of hydrogen-bond acceptors (Lipinski definition) is 7. The molecule has 0 aromatic heterocycles. The highest BCUT2D eigenvalue weighted by Gasteiger charge is 2.30. The van der Waals surface area contributed by atoms with E-state index in [1.54, 1.807) is 6.07 Å². The van der Waals surface area contributed by atoms with Crippen molar-refractivity contribution in [3.05, 3.63) is 54.1 Å². The zero-order valence-corrected chi connectivity index (χ0v) is 24.6. The number of sulfonamides is 1. The molecule has 0 aliphatic heterocycles. The fraction of sp³-hybridized carbons (Fsp3) is 0.552. The predicted molar refractivity (Wildman–Crippen MR) is 152 cm³/mol. The Labute approximate surface area is 233 Å². The largest absolute Gasteiger partial charge is 0.493 e. The maximum absolute atomic E-state index is 12.9. The Kier molecular flexibility index (Phi) is 11.6. The van der Waals surface area contributed by atoms with E-state index in [-0.39, 0.29) is 30.6 Å². The van der Waals surface area contributed by atoms with Crippen molar-refractivity contribution in [2.45, 2.75) is 36.6 Å². The van der Waals surface area contributed by atoms with E-state index in [0.29, 0.717) is 35.9 Å². The highest BCUT2D eigenvalue weighted by Crippen LogP contribution is 2.39. The SMILES string of the molecule is COc1ccc(S(=O)(=O)N(C)CCOCC(=O)NCC2CCC(C(c3ccccc3)N(C)C)CC2)cc1OC. The molecule has 0 spiro atoms. The number of likely N-dealkylation sites (N-methyl/N-ethyl adjacent to an activating group) is 1. The molecule has 0 radical (unpaired) electrons. The fourth-order valence-corrected chi connectivity index (χ4v) is 6.47. The van der Waals surface area contributed by atoms with Gasteiger partial charge in [0.1, 0.15) is 6.61 Å². The number of benzene rings is 2. The molecule has 1 amide bonds. The molecule has 39 heavy (non-hydrogen) atoms. The van der Waals surface area contributed by atoms with E-state index in [9.17, 15) is 13.2 Å². The minimum Gasteiger partial charge on any atom is -0.493 e. The fourth-order valence-electron chi connectivity index (χ4n) is 5.29. The van der Waals surface area contributed by atoms with Gasteiger partial charge in [-0.2, -0.15) is 4.31 Å². The first kappa shape index (κ1) is 30.9. The average molecular weight is 562 g/mol. The van der Waals surface area contributed by atoms with Crippen LogP contribution in [0.2, 0.25) is 0 Å². The Morgan fingerprint density at radius 1 is 0.974 bits per heavy atom. The van der Waals surface area contributed by atoms with E-state index < -0.39 is 10.0 Å². The second-order valence-electron chi connectivity index (χ2n) is 10.3. The lowest BCUT2D eigenvalue weighted by atomic mass is 9.76. The van der Waals surface area contributed by atoms with Gasteiger partial charge in [-0.05, 0) is 69.3 Å². The Bertz CT molecular complexity index is 1150. The number of hydrogen-bond donors (Lipinski definition) is 1. The summed E-state index contributed by atoms with van der Waals surface area (Å²) in [6, 6.07) is 15.5. The average Bonchev–Trinajstić information content (AvgIpc) is 2.94. The molecule has 1 fully saturated rings. The summed E-state index contributed by atoms with van der Waals surface area (Å²) in [6.45, 7) is 0.756. The summed E-state index contributed by atoms with van der Waals surface area (Å²) in [4.78, 5) is 14.7. The third-order valence-electron chi connectivity index (χ3n) is 7.47. The second-order valence-corrected chi connectivity index (χ2v) is 12.3. The van der Waals surface area contributed by atoms with E-state index in [1.807, 2.05) is 0 Å². The van der Waals surface area contributed by atoms with Crippen molar-refractivity contribution in [3.8, 4) is 11.5 Å². The van der Waals surface area contributed by atoms with Gasteiger partial charge in [0.15, 0.2) is 11.5 Å². The molecule has 0 saturated heterocycles. The van der Waals surface area contributed by atoms with Crippen LogP contribution < -0.4 is 14.8 Å². The van der Waals surface area contributed by atoms with Crippen LogP contribution in [-0.2, 0) is 19.6 Å². The second kappa shape index (κ2) is 14.6. The van der Waals surface area contributed by atoms with E-state index >= 15 is 0 Å². The smallest absolute Gasteiger partial charge is 0.246 e. The molecule has 216 valence electrons. The Hall–Kier alpha value is -2.66. The topological polar surface area (TPSA) is 97.4 Å². The van der Waals surface area contributed by atoms with E-state index in [2.05, 4.69) is 54.6 Å². The third kappa shape index (κ3) is 8.41. The Morgan fingerprint density at radius 3 is 2.26 bits per heavy atom. The highest BCUT2D eigenvalue weighted by molar-refractivity contribution is 7.89. The zero-order chi connectivity index (χ0) is 28.4. The van der Waals surface area contributed by atoms with Gasteiger partial charge < -0.3 is 24.4 Å². The van der Waals surface area contributed by atoms with Crippen molar-refractivity contribution in [1.82, 2.24) is 14.5 Å². The molecule has 2 aromatic carbocycles. The molecule has 9 nitrogen and oxygen atoms in total. The number of amides is 1. The van der Waals surface area contributed by atoms with E-state index in [4.69, 9.17) is 14.2 Å². The van der Waals surface area contributed by atoms with Gasteiger partial charge in [-0.3, -0.25) is 4.79 Å². The predicted octanol–water partition coefficient (Wildman–Crippen LogP) is 3.57. The third-order valence-corrected chi connectivity index (χ3v) is 9.32. The molecule has 1 aliphatic rings. The van der Waals surface area contributed by atoms with Gasteiger partial charge in [0.2, 0.25) is 15.9 Å². The normalized spacial score (nSPS) is 18.6. The van der Waals surface area contributed by atoms with Crippen LogP contribution in [0.4, 0.5) is 0 Å². The number of methoxy groups -OCH3 is 2. The van der Waals surface area contributed by atoms with Crippen LogP contribution >= 0.6 is 0 Å². The lowest BCUT2D eigenvalue weighted by molar-refractivity contribution is -0.126. The van der Waals surface area contributed by atoms with Gasteiger partial charge in [-0.1, -0.05) is 30.3 Å². The van der Waals surface area contributed by atoms with Crippen LogP contribution in [-0.4, -0.2) is 85.2 Å². The number of nitrogens with one attached hydrogen (secondary N) is 1. The Morgan fingerprint density at radius 2 is 1.64 bits per heavy atom. The lowest BCUT2D eigenvalue weighted by Gasteiger charge is -2.37. The standard InChI is InChI=1S/C29H43N3O6S/c1-31(2)29(23-9-7-6-8-10-23)24-13-11-22(12-14-24)20-30-28(33)21-38-18-17-32(3)39(34,35)25-15-16-26(36-4)27(19-25)37-5/h6-10,15-16,19,22,24,29H,11-14,17-18,20-21H2,1-5H3,(H,30,33). The quantitative estimate of drug-likeness (QED) is 0.352. The van der Waals surface area contributed by atoms with Gasteiger partial charge in [0, 0.05) is 32.2 Å². The van der Waals surface area contributed by atoms with E-state index in [0.717, 1.165) is 25.7 Å². The van der Waals surface area contributed by atoms with Gasteiger partial charge >= 0.3 is 0 Å². The summed E-state index contributed by atoms with van der Waals surface area (Å²) >= 11 is 0. The lowest BCUT2D eigenvalue weighted by Crippen LogP contribution is -2.36. The van der Waals surface area contributed by atoms with Crippen molar-refractivity contribution >= 4 is 15.9 Å². The molecule has 3 rings (SSSR count). The van der Waals surface area contributed by atoms with E-state index in [1.165, 1.54) is 43.3 Å². The minimum absolute atomic E-state index is 0.0933. The molecule has 2 aromatic rings. The summed E-state index contributed by atoms with van der Waals surface area (Å²) in [5, 5.41) is 2.99. The van der Waals surface area contributed by atoms with Gasteiger partial charge in [0.05, 0.1) is 25.7 Å². The van der Waals surface area contributed by atoms with Crippen LogP contribution in [0.25, 0.3) is 0 Å². The number of carbonyl (C=O) groups is 1. The summed E-state index contributed by atoms with van der Waals surface area (Å²) in [7, 11) is 4.97. The molecule has 0 heterocycles. The minimum atomic E-state index is -3.74. The van der Waals surface area contributed by atoms with Crippen molar-refractivity contribution in [3.63, 3.8) is 0 Å². The summed E-state index contributed by atoms with van der Waals surface area (Å²) in [6.07, 6.45) is 4.44. The van der Waals surface area contributed by atoms with Crippen molar-refractivity contribution in [1.29, 1.82) is 0 Å². The molecule has 1 aliphatic carbocycles. The summed E-state index contributed by atoms with van der Waals surface area (Å²) in [5.41, 5.74) is 1.36. The number of ether oxygens (including phenoxy) is 3. The first-order chi connectivity index (χ1) is 18.7. The first-order valence-corrected chi connectivity index (χ1v) is 14.9. The number of carbonyl (C=O) groups excluding carboxylic acids is 1. The maximum atomic E-state index is 12.9. The number of nitrogens with zero attached hydrogens (tertiary/aromatic N) is 2. The molecule has 1 N–H and O–H groups in total. The van der Waals surface area contributed by atoms with Crippen LogP contribution in [0.5, 0.6) is 11.5 Å². The molecular weight excluding hydrogens is 518 g/mol. The molecule has 1 atom stereocenters. The Balaban J connectivity index is 1.37. The molecule has 1 unspecified atom stereocenters. The van der Waals surface area contributed by atoms with Crippen molar-refractivity contribution in [2.75, 3.05) is 61.7 Å². The summed E-state index contributed by atoms with van der Waals surface area (Å²) in [5.74, 6) is 1.66. The molecule has 1 saturated carbocycles. The zero-order valence-electron chi connectivity index (χ0n) is 23.8. The van der Waals surface area contributed by atoms with Crippen LogP contribution in [0, 0.1) is 11.8 Å². The van der Waals surface area contributed by atoms with Crippen LogP contribution in [0.3, 0.4) is 0 Å².